The Morgan fingerprint density at radius 2 is 2.00 bits per heavy atom. The maximum Gasteiger partial charge on any atom is 0.325 e. The van der Waals surface area contributed by atoms with E-state index in [-0.39, 0.29) is 18.5 Å². The Morgan fingerprint density at radius 3 is 2.60 bits per heavy atom. The number of carbonyl (C=O) groups is 2. The molecule has 0 saturated carbocycles. The molecule has 1 atom stereocenters. The first-order chi connectivity index (χ1) is 9.65. The maximum absolute atomic E-state index is 12.7. The van der Waals surface area contributed by atoms with Crippen LogP contribution >= 0.6 is 11.6 Å². The van der Waals surface area contributed by atoms with Crippen LogP contribution in [0.2, 0.25) is 0 Å². The molecule has 3 amide bonds. The number of imide groups is 1. The van der Waals surface area contributed by atoms with Gasteiger partial charge in [-0.25, -0.2) is 4.79 Å². The van der Waals surface area contributed by atoms with Gasteiger partial charge in [-0.1, -0.05) is 61.4 Å². The Kier molecular flexibility index (Phi) is 4.45. The van der Waals surface area contributed by atoms with Crippen LogP contribution < -0.4 is 5.32 Å². The summed E-state index contributed by atoms with van der Waals surface area (Å²) < 4.78 is 0. The Balaban J connectivity index is 2.40. The highest BCUT2D eigenvalue weighted by atomic mass is 35.5. The van der Waals surface area contributed by atoms with Gasteiger partial charge in [-0.3, -0.25) is 9.69 Å². The molecule has 1 saturated heterocycles. The van der Waals surface area contributed by atoms with Gasteiger partial charge in [0.05, 0.1) is 0 Å². The fourth-order valence-corrected chi connectivity index (χ4v) is 2.62. The molecule has 106 valence electrons. The predicted octanol–water partition coefficient (Wildman–Crippen LogP) is 2.99. The van der Waals surface area contributed by atoms with Gasteiger partial charge in [0.25, 0.3) is 5.91 Å². The quantitative estimate of drug-likeness (QED) is 0.848. The first-order valence-electron chi connectivity index (χ1n) is 6.60. The van der Waals surface area contributed by atoms with E-state index in [0.717, 1.165) is 12.0 Å². The summed E-state index contributed by atoms with van der Waals surface area (Å²) in [7, 11) is 0. The van der Waals surface area contributed by atoms with Crippen LogP contribution in [-0.4, -0.2) is 23.4 Å². The molecule has 2 rings (SSSR count). The van der Waals surface area contributed by atoms with Gasteiger partial charge in [-0.05, 0) is 12.0 Å². The first-order valence-corrected chi connectivity index (χ1v) is 7.04. The second-order valence-electron chi connectivity index (χ2n) is 4.73. The van der Waals surface area contributed by atoms with E-state index >= 15 is 0 Å². The average molecular weight is 293 g/mol. The van der Waals surface area contributed by atoms with E-state index in [9.17, 15) is 9.59 Å². The van der Waals surface area contributed by atoms with E-state index < -0.39 is 5.54 Å². The number of rotatable bonds is 5. The highest BCUT2D eigenvalue weighted by Gasteiger charge is 2.51. The molecule has 1 N–H and O–H groups in total. The maximum atomic E-state index is 12.7. The fourth-order valence-electron chi connectivity index (χ4n) is 2.54. The monoisotopic (exact) mass is 292 g/mol. The van der Waals surface area contributed by atoms with Gasteiger partial charge in [0.1, 0.15) is 5.54 Å². The van der Waals surface area contributed by atoms with Crippen molar-refractivity contribution in [1.82, 2.24) is 10.2 Å². The lowest BCUT2D eigenvalue weighted by atomic mass is 9.85. The summed E-state index contributed by atoms with van der Waals surface area (Å²) in [5.74, 6) is -0.217. The van der Waals surface area contributed by atoms with E-state index in [0.29, 0.717) is 6.42 Å². The van der Waals surface area contributed by atoms with Gasteiger partial charge in [-0.2, -0.15) is 0 Å². The van der Waals surface area contributed by atoms with Crippen molar-refractivity contribution in [3.05, 3.63) is 47.5 Å². The zero-order chi connectivity index (χ0) is 14.6. The minimum atomic E-state index is -0.951. The SMILES string of the molecule is CCC[C@@]1(c2ccccc2)NC(=O)N(C/C=C/Cl)C1=O. The third-order valence-corrected chi connectivity index (χ3v) is 3.62. The van der Waals surface area contributed by atoms with Crippen molar-refractivity contribution < 1.29 is 9.59 Å². The summed E-state index contributed by atoms with van der Waals surface area (Å²) >= 11 is 5.47. The molecular formula is C15H17ClN2O2. The van der Waals surface area contributed by atoms with Gasteiger partial charge in [0, 0.05) is 12.1 Å². The second-order valence-corrected chi connectivity index (χ2v) is 4.98. The molecule has 1 heterocycles. The van der Waals surface area contributed by atoms with Crippen LogP contribution in [0.1, 0.15) is 25.3 Å². The number of urea groups is 1. The molecule has 0 aliphatic carbocycles. The third-order valence-electron chi connectivity index (χ3n) is 3.44. The summed E-state index contributed by atoms with van der Waals surface area (Å²) in [4.78, 5) is 26.0. The minimum Gasteiger partial charge on any atom is -0.319 e. The standard InChI is InChI=1S/C15H17ClN2O2/c1-2-9-15(12-7-4-3-5-8-12)13(19)18(11-6-10-16)14(20)17-15/h3-8,10H,2,9,11H2,1H3,(H,17,20)/b10-6+/t15-/m0/s1. The van der Waals surface area contributed by atoms with Crippen LogP contribution in [0, 0.1) is 0 Å². The molecule has 5 heteroatoms. The lowest BCUT2D eigenvalue weighted by molar-refractivity contribution is -0.131. The number of carbonyl (C=O) groups excluding carboxylic acids is 2. The predicted molar refractivity (Wildman–Crippen MR) is 78.3 cm³/mol. The Bertz CT molecular complexity index is 530. The molecule has 1 aliphatic heterocycles. The van der Waals surface area contributed by atoms with E-state index in [1.54, 1.807) is 6.08 Å². The van der Waals surface area contributed by atoms with Gasteiger partial charge in [-0.15, -0.1) is 0 Å². The number of nitrogens with zero attached hydrogens (tertiary/aromatic N) is 1. The molecule has 1 fully saturated rings. The Hall–Kier alpha value is -1.81. The molecule has 0 spiro atoms. The van der Waals surface area contributed by atoms with E-state index in [1.807, 2.05) is 37.3 Å². The lowest BCUT2D eigenvalue weighted by Gasteiger charge is -2.26. The number of halogens is 1. The van der Waals surface area contributed by atoms with Crippen LogP contribution in [-0.2, 0) is 10.3 Å². The smallest absolute Gasteiger partial charge is 0.319 e. The molecule has 0 radical (unpaired) electrons. The van der Waals surface area contributed by atoms with Crippen LogP contribution in [0.25, 0.3) is 0 Å². The Labute approximate surface area is 123 Å². The number of nitrogens with one attached hydrogen (secondary N) is 1. The van der Waals surface area contributed by atoms with Crippen LogP contribution in [0.4, 0.5) is 4.79 Å². The summed E-state index contributed by atoms with van der Waals surface area (Å²) in [6.07, 6.45) is 2.94. The molecule has 1 aliphatic rings. The van der Waals surface area contributed by atoms with E-state index in [2.05, 4.69) is 5.32 Å². The van der Waals surface area contributed by atoms with Gasteiger partial charge in [0.15, 0.2) is 0 Å². The Morgan fingerprint density at radius 1 is 1.30 bits per heavy atom. The highest BCUT2D eigenvalue weighted by Crippen LogP contribution is 2.33. The van der Waals surface area contributed by atoms with Gasteiger partial charge < -0.3 is 5.32 Å². The van der Waals surface area contributed by atoms with Crippen molar-refractivity contribution in [1.29, 1.82) is 0 Å². The van der Waals surface area contributed by atoms with Gasteiger partial charge >= 0.3 is 6.03 Å². The molecule has 0 bridgehead atoms. The van der Waals surface area contributed by atoms with Crippen molar-refractivity contribution in [2.24, 2.45) is 0 Å². The van der Waals surface area contributed by atoms with Crippen LogP contribution in [0.5, 0.6) is 0 Å². The van der Waals surface area contributed by atoms with Crippen LogP contribution in [0.15, 0.2) is 41.9 Å². The van der Waals surface area contributed by atoms with Crippen molar-refractivity contribution in [2.75, 3.05) is 6.54 Å². The highest BCUT2D eigenvalue weighted by molar-refractivity contribution is 6.25. The fraction of sp³-hybridized carbons (Fsp3) is 0.333. The average Bonchev–Trinajstić information content (AvgIpc) is 2.70. The zero-order valence-electron chi connectivity index (χ0n) is 11.3. The zero-order valence-corrected chi connectivity index (χ0v) is 12.1. The van der Waals surface area contributed by atoms with E-state index in [1.165, 1.54) is 10.4 Å². The van der Waals surface area contributed by atoms with E-state index in [4.69, 9.17) is 11.6 Å². The number of amides is 3. The minimum absolute atomic E-state index is 0.187. The normalized spacial score (nSPS) is 22.6. The summed E-state index contributed by atoms with van der Waals surface area (Å²) in [6.45, 7) is 2.18. The number of benzene rings is 1. The van der Waals surface area contributed by atoms with Crippen LogP contribution in [0.3, 0.4) is 0 Å². The molecular weight excluding hydrogens is 276 g/mol. The van der Waals surface area contributed by atoms with Gasteiger partial charge in [0.2, 0.25) is 0 Å². The molecule has 20 heavy (non-hydrogen) atoms. The molecule has 4 nitrogen and oxygen atoms in total. The topological polar surface area (TPSA) is 49.4 Å². The van der Waals surface area contributed by atoms with Crippen molar-refractivity contribution in [3.63, 3.8) is 0 Å². The molecule has 1 aromatic rings. The van der Waals surface area contributed by atoms with Crippen molar-refractivity contribution >= 4 is 23.5 Å². The largest absolute Gasteiger partial charge is 0.325 e. The second kappa shape index (κ2) is 6.09. The lowest BCUT2D eigenvalue weighted by Crippen LogP contribution is -2.43. The van der Waals surface area contributed by atoms with Crippen molar-refractivity contribution in [2.45, 2.75) is 25.3 Å². The number of hydrogen-bond donors (Lipinski definition) is 1. The summed E-state index contributed by atoms with van der Waals surface area (Å²) in [5, 5.41) is 2.85. The summed E-state index contributed by atoms with van der Waals surface area (Å²) in [5.41, 5.74) is 1.17. The summed E-state index contributed by atoms with van der Waals surface area (Å²) in [6, 6.07) is 8.99. The molecule has 0 aromatic heterocycles. The third kappa shape index (κ3) is 2.43. The van der Waals surface area contributed by atoms with Crippen molar-refractivity contribution in [3.8, 4) is 0 Å². The number of hydrogen-bond acceptors (Lipinski definition) is 2. The molecule has 1 aromatic carbocycles. The molecule has 0 unspecified atom stereocenters. The first kappa shape index (κ1) is 14.6.